The molecule has 0 aliphatic carbocycles. The van der Waals surface area contributed by atoms with E-state index in [4.69, 9.17) is 4.74 Å². The van der Waals surface area contributed by atoms with E-state index < -0.39 is 12.1 Å². The van der Waals surface area contributed by atoms with E-state index in [0.717, 1.165) is 11.3 Å². The van der Waals surface area contributed by atoms with Gasteiger partial charge in [0.2, 0.25) is 0 Å². The summed E-state index contributed by atoms with van der Waals surface area (Å²) in [5.41, 5.74) is 0.684. The average Bonchev–Trinajstić information content (AvgIpc) is 2.83. The Balaban J connectivity index is 3.35. The van der Waals surface area contributed by atoms with Crippen LogP contribution < -0.4 is 5.32 Å². The van der Waals surface area contributed by atoms with Gasteiger partial charge in [0, 0.05) is 13.1 Å². The van der Waals surface area contributed by atoms with Crippen molar-refractivity contribution in [2.75, 3.05) is 25.5 Å². The summed E-state index contributed by atoms with van der Waals surface area (Å²) in [6.45, 7) is 10.0. The van der Waals surface area contributed by atoms with Gasteiger partial charge in [0.15, 0.2) is 0 Å². The second kappa shape index (κ2) is 8.68. The van der Waals surface area contributed by atoms with Gasteiger partial charge in [-0.3, -0.25) is 10.1 Å². The van der Waals surface area contributed by atoms with Crippen molar-refractivity contribution in [3.8, 4) is 0 Å². The molecule has 2 amide bonds. The monoisotopic (exact) mass is 356 g/mol. The van der Waals surface area contributed by atoms with Gasteiger partial charge in [-0.15, -0.1) is 11.3 Å². The van der Waals surface area contributed by atoms with Crippen LogP contribution in [0.5, 0.6) is 0 Å². The molecule has 1 rings (SSSR count). The van der Waals surface area contributed by atoms with E-state index in [9.17, 15) is 14.4 Å². The van der Waals surface area contributed by atoms with Gasteiger partial charge in [0.05, 0.1) is 23.7 Å². The highest BCUT2D eigenvalue weighted by Crippen LogP contribution is 2.35. The third-order valence-electron chi connectivity index (χ3n) is 3.34. The summed E-state index contributed by atoms with van der Waals surface area (Å²) in [6, 6.07) is 0. The molecule has 1 N–H and O–H groups in total. The Morgan fingerprint density at radius 3 is 2.25 bits per heavy atom. The molecule has 0 radical (unpaired) electrons. The van der Waals surface area contributed by atoms with Crippen molar-refractivity contribution in [3.63, 3.8) is 0 Å². The maximum Gasteiger partial charge on any atom is 0.411 e. The van der Waals surface area contributed by atoms with Crippen LogP contribution in [-0.2, 0) is 9.47 Å². The lowest BCUT2D eigenvalue weighted by Gasteiger charge is -2.18. The summed E-state index contributed by atoms with van der Waals surface area (Å²) in [5, 5.41) is 2.74. The Hall–Kier alpha value is -2.09. The normalized spacial score (nSPS) is 10.5. The van der Waals surface area contributed by atoms with E-state index in [1.807, 2.05) is 13.8 Å². The number of nitrogens with one attached hydrogen (secondary N) is 1. The maximum absolute atomic E-state index is 12.6. The Morgan fingerprint density at radius 1 is 1.21 bits per heavy atom. The first-order valence-electron chi connectivity index (χ1n) is 7.75. The number of carbonyl (C=O) groups is 3. The maximum atomic E-state index is 12.6. The van der Waals surface area contributed by atoms with Crippen LogP contribution in [0.15, 0.2) is 0 Å². The summed E-state index contributed by atoms with van der Waals surface area (Å²) in [5.74, 6) is -0.761. The molecule has 1 aromatic rings. The van der Waals surface area contributed by atoms with Gasteiger partial charge in [-0.05, 0) is 40.2 Å². The minimum absolute atomic E-state index is 0.181. The smallest absolute Gasteiger partial charge is 0.411 e. The van der Waals surface area contributed by atoms with Crippen molar-refractivity contribution in [2.24, 2.45) is 0 Å². The second-order valence-electron chi connectivity index (χ2n) is 5.31. The van der Waals surface area contributed by atoms with Gasteiger partial charge in [-0.25, -0.2) is 9.59 Å². The number of hydrogen-bond acceptors (Lipinski definition) is 6. The number of methoxy groups -OCH3 is 1. The molecule has 0 aliphatic heterocycles. The van der Waals surface area contributed by atoms with Gasteiger partial charge in [-0.2, -0.15) is 0 Å². The first-order valence-corrected chi connectivity index (χ1v) is 8.56. The van der Waals surface area contributed by atoms with Crippen LogP contribution in [0.4, 0.5) is 9.80 Å². The Morgan fingerprint density at radius 2 is 1.79 bits per heavy atom. The zero-order chi connectivity index (χ0) is 18.4. The third-order valence-corrected chi connectivity index (χ3v) is 4.53. The van der Waals surface area contributed by atoms with E-state index >= 15 is 0 Å². The topological polar surface area (TPSA) is 84.9 Å². The lowest BCUT2D eigenvalue weighted by atomic mass is 10.1. The SMILES string of the molecule is CCN(CC)C(=O)c1sc(NC(=O)OC)c(C(=O)OC(C)C)c1C. The van der Waals surface area contributed by atoms with Crippen molar-refractivity contribution in [2.45, 2.75) is 40.7 Å². The van der Waals surface area contributed by atoms with E-state index in [1.165, 1.54) is 7.11 Å². The lowest BCUT2D eigenvalue weighted by Crippen LogP contribution is -2.30. The number of ether oxygens (including phenoxy) is 2. The lowest BCUT2D eigenvalue weighted by molar-refractivity contribution is 0.0379. The number of thiophene rings is 1. The largest absolute Gasteiger partial charge is 0.459 e. The van der Waals surface area contributed by atoms with Crippen LogP contribution in [0.25, 0.3) is 0 Å². The van der Waals surface area contributed by atoms with E-state index in [0.29, 0.717) is 23.5 Å². The molecule has 24 heavy (non-hydrogen) atoms. The molecule has 7 nitrogen and oxygen atoms in total. The fourth-order valence-corrected chi connectivity index (χ4v) is 3.27. The number of esters is 1. The van der Waals surface area contributed by atoms with Crippen LogP contribution in [0.1, 0.15) is 53.3 Å². The summed E-state index contributed by atoms with van der Waals surface area (Å²) >= 11 is 1.05. The van der Waals surface area contributed by atoms with Crippen LogP contribution in [0.2, 0.25) is 0 Å². The number of carbonyl (C=O) groups excluding carboxylic acids is 3. The molecule has 0 bridgehead atoms. The minimum Gasteiger partial charge on any atom is -0.459 e. The Bertz CT molecular complexity index is 620. The number of anilines is 1. The number of hydrogen-bond donors (Lipinski definition) is 1. The Kier molecular flexibility index (Phi) is 7.21. The van der Waals surface area contributed by atoms with E-state index in [-0.39, 0.29) is 22.6 Å². The van der Waals surface area contributed by atoms with Crippen LogP contribution in [-0.4, -0.2) is 49.2 Å². The molecule has 0 aromatic carbocycles. The fourth-order valence-electron chi connectivity index (χ4n) is 2.12. The molecule has 0 spiro atoms. The highest BCUT2D eigenvalue weighted by atomic mass is 32.1. The molecular weight excluding hydrogens is 332 g/mol. The van der Waals surface area contributed by atoms with Crippen molar-refractivity contribution in [1.82, 2.24) is 4.90 Å². The molecule has 0 unspecified atom stereocenters. The summed E-state index contributed by atoms with van der Waals surface area (Å²) in [6.07, 6.45) is -1.03. The molecule has 1 heterocycles. The predicted molar refractivity (Wildman–Crippen MR) is 92.9 cm³/mol. The molecule has 0 fully saturated rings. The highest BCUT2D eigenvalue weighted by Gasteiger charge is 2.28. The standard InChI is InChI=1S/C16H24N2O5S/c1-7-18(8-2)14(19)12-10(5)11(15(20)23-9(3)4)13(24-12)17-16(21)22-6/h9H,7-8H2,1-6H3,(H,17,21). The fraction of sp³-hybridized carbons (Fsp3) is 0.562. The van der Waals surface area contributed by atoms with E-state index in [1.54, 1.807) is 25.7 Å². The summed E-state index contributed by atoms with van der Waals surface area (Å²) in [4.78, 5) is 38.6. The van der Waals surface area contributed by atoms with Gasteiger partial charge in [0.1, 0.15) is 5.00 Å². The molecule has 134 valence electrons. The first kappa shape index (κ1) is 20.0. The van der Waals surface area contributed by atoms with Crippen molar-refractivity contribution in [3.05, 3.63) is 16.0 Å². The minimum atomic E-state index is -0.711. The molecule has 8 heteroatoms. The van der Waals surface area contributed by atoms with Gasteiger partial charge < -0.3 is 14.4 Å². The molecule has 0 aliphatic rings. The molecule has 0 saturated carbocycles. The third kappa shape index (κ3) is 4.47. The number of amides is 2. The van der Waals surface area contributed by atoms with Crippen LogP contribution >= 0.6 is 11.3 Å². The number of nitrogens with zero attached hydrogens (tertiary/aromatic N) is 1. The average molecular weight is 356 g/mol. The van der Waals surface area contributed by atoms with Gasteiger partial charge in [0.25, 0.3) is 5.91 Å². The van der Waals surface area contributed by atoms with Crippen molar-refractivity contribution in [1.29, 1.82) is 0 Å². The Labute approximate surface area is 145 Å². The predicted octanol–water partition coefficient (Wildman–Crippen LogP) is 3.28. The van der Waals surface area contributed by atoms with Crippen LogP contribution in [0, 0.1) is 6.92 Å². The highest BCUT2D eigenvalue weighted by molar-refractivity contribution is 7.18. The van der Waals surface area contributed by atoms with Crippen LogP contribution in [0.3, 0.4) is 0 Å². The summed E-state index contributed by atoms with van der Waals surface area (Å²) < 4.78 is 9.81. The summed E-state index contributed by atoms with van der Waals surface area (Å²) in [7, 11) is 1.23. The number of rotatable bonds is 6. The molecule has 0 saturated heterocycles. The molecule has 1 aromatic heterocycles. The zero-order valence-electron chi connectivity index (χ0n) is 14.9. The first-order chi connectivity index (χ1) is 11.3. The second-order valence-corrected chi connectivity index (χ2v) is 6.33. The zero-order valence-corrected chi connectivity index (χ0v) is 15.7. The van der Waals surface area contributed by atoms with Gasteiger partial charge in [-0.1, -0.05) is 0 Å². The molecule has 0 atom stereocenters. The van der Waals surface area contributed by atoms with Gasteiger partial charge >= 0.3 is 12.1 Å². The van der Waals surface area contributed by atoms with E-state index in [2.05, 4.69) is 10.1 Å². The molecular formula is C16H24N2O5S. The van der Waals surface area contributed by atoms with Crippen molar-refractivity contribution < 1.29 is 23.9 Å². The van der Waals surface area contributed by atoms with Crippen molar-refractivity contribution >= 4 is 34.3 Å². The quantitative estimate of drug-likeness (QED) is 0.791.